The standard InChI is InChI=1S/C30H42N6O7/c1-6-18(7-2)27(39)35-26-19-11-12-21(36(19)34-16-33-26)30(15-31)25(38)23(42-28(40)24(32)29(3,4)5)20(43-30)14-41-22(37)13-17-9-8-10-17/h11-12,16-18,20,23-25,38H,6-10,13-14,32H2,1-5H3,(H,33,34,35,39)/t20-,23-,24-,25-,30+/m1/s1. The van der Waals surface area contributed by atoms with Crippen LogP contribution in [0.15, 0.2) is 18.5 Å². The molecule has 2 aromatic rings. The van der Waals surface area contributed by atoms with Gasteiger partial charge in [-0.15, -0.1) is 0 Å². The average molecular weight is 599 g/mol. The van der Waals surface area contributed by atoms with Crippen LogP contribution in [0.25, 0.3) is 5.52 Å². The van der Waals surface area contributed by atoms with Crippen molar-refractivity contribution in [1.29, 1.82) is 5.26 Å². The van der Waals surface area contributed by atoms with Crippen molar-refractivity contribution in [3.8, 4) is 6.07 Å². The molecule has 0 radical (unpaired) electrons. The van der Waals surface area contributed by atoms with Gasteiger partial charge < -0.3 is 30.4 Å². The van der Waals surface area contributed by atoms with Crippen LogP contribution in [0.2, 0.25) is 0 Å². The Morgan fingerprint density at radius 3 is 2.56 bits per heavy atom. The molecule has 3 heterocycles. The summed E-state index contributed by atoms with van der Waals surface area (Å²) in [4.78, 5) is 42.6. The molecular formula is C30H42N6O7. The summed E-state index contributed by atoms with van der Waals surface area (Å²) in [6, 6.07) is 4.12. The van der Waals surface area contributed by atoms with E-state index in [9.17, 15) is 24.8 Å². The molecule has 1 aliphatic carbocycles. The number of esters is 2. The lowest BCUT2D eigenvalue weighted by Gasteiger charge is -2.29. The van der Waals surface area contributed by atoms with E-state index in [1.165, 1.54) is 16.9 Å². The molecule has 2 aliphatic rings. The molecule has 13 heteroatoms. The van der Waals surface area contributed by atoms with Crippen LogP contribution in [-0.4, -0.2) is 68.5 Å². The lowest BCUT2D eigenvalue weighted by atomic mass is 9.83. The van der Waals surface area contributed by atoms with Crippen molar-refractivity contribution in [3.05, 3.63) is 24.2 Å². The zero-order valence-corrected chi connectivity index (χ0v) is 25.4. The smallest absolute Gasteiger partial charge is 0.323 e. The Hall–Kier alpha value is -3.60. The van der Waals surface area contributed by atoms with Crippen LogP contribution in [0.4, 0.5) is 5.82 Å². The van der Waals surface area contributed by atoms with Crippen molar-refractivity contribution in [3.63, 3.8) is 0 Å². The highest BCUT2D eigenvalue weighted by Crippen LogP contribution is 2.42. The van der Waals surface area contributed by atoms with Crippen molar-refractivity contribution < 1.29 is 33.7 Å². The van der Waals surface area contributed by atoms with Crippen molar-refractivity contribution in [2.45, 2.75) is 103 Å². The van der Waals surface area contributed by atoms with Crippen molar-refractivity contribution in [2.75, 3.05) is 11.9 Å². The normalized spacial score (nSPS) is 24.8. The predicted molar refractivity (Wildman–Crippen MR) is 154 cm³/mol. The third-order valence-electron chi connectivity index (χ3n) is 8.56. The zero-order valence-electron chi connectivity index (χ0n) is 25.4. The minimum atomic E-state index is -2.08. The summed E-state index contributed by atoms with van der Waals surface area (Å²) in [5, 5.41) is 29.2. The first-order valence-electron chi connectivity index (χ1n) is 14.9. The molecule has 2 fully saturated rings. The van der Waals surface area contributed by atoms with E-state index in [0.29, 0.717) is 18.4 Å². The van der Waals surface area contributed by atoms with Crippen LogP contribution < -0.4 is 11.1 Å². The maximum atomic E-state index is 13.0. The number of ether oxygens (including phenoxy) is 3. The van der Waals surface area contributed by atoms with Gasteiger partial charge in [-0.3, -0.25) is 14.4 Å². The highest BCUT2D eigenvalue weighted by Gasteiger charge is 2.60. The lowest BCUT2D eigenvalue weighted by Crippen LogP contribution is -2.49. The molecule has 4 N–H and O–H groups in total. The van der Waals surface area contributed by atoms with Gasteiger partial charge in [0.15, 0.2) is 11.9 Å². The number of aliphatic hydroxyl groups excluding tert-OH is 1. The number of carbonyl (C=O) groups excluding carboxylic acids is 3. The average Bonchev–Trinajstić information content (AvgIpc) is 3.49. The van der Waals surface area contributed by atoms with Gasteiger partial charge >= 0.3 is 11.9 Å². The second kappa shape index (κ2) is 13.0. The fourth-order valence-corrected chi connectivity index (χ4v) is 5.36. The van der Waals surface area contributed by atoms with Crippen molar-refractivity contribution in [1.82, 2.24) is 14.6 Å². The van der Waals surface area contributed by atoms with Gasteiger partial charge in [0.25, 0.3) is 0 Å². The van der Waals surface area contributed by atoms with Gasteiger partial charge in [0, 0.05) is 12.3 Å². The Balaban J connectivity index is 1.66. The Kier molecular flexibility index (Phi) is 9.73. The van der Waals surface area contributed by atoms with Gasteiger partial charge in [-0.05, 0) is 49.1 Å². The SMILES string of the molecule is CCC(CC)C(=O)Nc1ncnn2c([C@]3(C#N)O[C@H](COC(=O)CC4CCC4)[C@@H](OC(=O)[C@@H](N)C(C)(C)C)[C@H]3O)ccc12. The number of aliphatic hydroxyl groups is 1. The van der Waals surface area contributed by atoms with Crippen LogP contribution in [0.5, 0.6) is 0 Å². The number of rotatable bonds is 11. The van der Waals surface area contributed by atoms with E-state index in [2.05, 4.69) is 15.4 Å². The fraction of sp³-hybridized carbons (Fsp3) is 0.667. The topological polar surface area (TPSA) is 191 Å². The second-order valence-electron chi connectivity index (χ2n) is 12.5. The second-order valence-corrected chi connectivity index (χ2v) is 12.5. The molecule has 234 valence electrons. The summed E-state index contributed by atoms with van der Waals surface area (Å²) in [5.41, 5.74) is 3.87. The Bertz CT molecular complexity index is 1370. The number of nitrogens with two attached hydrogens (primary N) is 1. The van der Waals surface area contributed by atoms with Crippen molar-refractivity contribution in [2.24, 2.45) is 23.0 Å². The molecule has 43 heavy (non-hydrogen) atoms. The molecule has 0 spiro atoms. The number of amides is 1. The largest absolute Gasteiger partial charge is 0.463 e. The minimum Gasteiger partial charge on any atom is -0.463 e. The molecule has 5 atom stereocenters. The van der Waals surface area contributed by atoms with Gasteiger partial charge in [-0.2, -0.15) is 10.4 Å². The summed E-state index contributed by atoms with van der Waals surface area (Å²) < 4.78 is 18.7. The van der Waals surface area contributed by atoms with E-state index in [1.54, 1.807) is 26.8 Å². The van der Waals surface area contributed by atoms with Crippen LogP contribution in [0.3, 0.4) is 0 Å². The Morgan fingerprint density at radius 2 is 1.98 bits per heavy atom. The van der Waals surface area contributed by atoms with Gasteiger partial charge in [0.05, 0.1) is 5.69 Å². The number of carbonyl (C=O) groups is 3. The molecule has 13 nitrogen and oxygen atoms in total. The summed E-state index contributed by atoms with van der Waals surface area (Å²) in [6.45, 7) is 8.80. The number of fused-ring (bicyclic) bond motifs is 1. The molecular weight excluding hydrogens is 556 g/mol. The first-order chi connectivity index (χ1) is 20.4. The first-order valence-corrected chi connectivity index (χ1v) is 14.9. The van der Waals surface area contributed by atoms with E-state index in [1.807, 2.05) is 19.9 Å². The molecule has 0 bridgehead atoms. The molecule has 1 aliphatic heterocycles. The number of hydrogen-bond acceptors (Lipinski definition) is 11. The van der Waals surface area contributed by atoms with Crippen LogP contribution in [0, 0.1) is 28.6 Å². The molecule has 2 aromatic heterocycles. The number of aromatic nitrogens is 3. The fourth-order valence-electron chi connectivity index (χ4n) is 5.36. The summed E-state index contributed by atoms with van der Waals surface area (Å²) in [6.07, 6.45) is 1.48. The molecule has 0 aromatic carbocycles. The zero-order chi connectivity index (χ0) is 31.5. The third-order valence-corrected chi connectivity index (χ3v) is 8.56. The number of nitrogens with one attached hydrogen (secondary N) is 1. The highest BCUT2D eigenvalue weighted by atomic mass is 16.6. The van der Waals surface area contributed by atoms with Gasteiger partial charge in [-0.1, -0.05) is 41.0 Å². The monoisotopic (exact) mass is 598 g/mol. The van der Waals surface area contributed by atoms with Crippen LogP contribution >= 0.6 is 0 Å². The van der Waals surface area contributed by atoms with Gasteiger partial charge in [0.1, 0.15) is 42.8 Å². The van der Waals surface area contributed by atoms with Crippen LogP contribution in [-0.2, 0) is 34.2 Å². The number of nitrogens with zero attached hydrogens (tertiary/aromatic N) is 4. The quantitative estimate of drug-likeness (QED) is 0.322. The van der Waals surface area contributed by atoms with E-state index in [4.69, 9.17) is 19.9 Å². The number of anilines is 1. The van der Waals surface area contributed by atoms with Gasteiger partial charge in [-0.25, -0.2) is 9.50 Å². The summed E-state index contributed by atoms with van der Waals surface area (Å²) >= 11 is 0. The van der Waals surface area contributed by atoms with E-state index in [-0.39, 0.29) is 42.3 Å². The molecule has 1 amide bonds. The number of hydrogen-bond donors (Lipinski definition) is 3. The van der Waals surface area contributed by atoms with Crippen LogP contribution in [0.1, 0.15) is 78.8 Å². The summed E-state index contributed by atoms with van der Waals surface area (Å²) in [5.74, 6) is -1.16. The van der Waals surface area contributed by atoms with Crippen molar-refractivity contribution >= 4 is 29.2 Å². The third kappa shape index (κ3) is 6.51. The van der Waals surface area contributed by atoms with E-state index in [0.717, 1.165) is 19.3 Å². The maximum absolute atomic E-state index is 13.0. The Labute approximate surface area is 251 Å². The van der Waals surface area contributed by atoms with Gasteiger partial charge in [0.2, 0.25) is 11.5 Å². The molecule has 1 saturated heterocycles. The predicted octanol–water partition coefficient (Wildman–Crippen LogP) is 2.60. The van der Waals surface area contributed by atoms with E-state index < -0.39 is 47.3 Å². The first kappa shape index (κ1) is 32.3. The van der Waals surface area contributed by atoms with E-state index >= 15 is 0 Å². The lowest BCUT2D eigenvalue weighted by molar-refractivity contribution is -0.163. The minimum absolute atomic E-state index is 0.113. The Morgan fingerprint density at radius 1 is 1.28 bits per heavy atom. The molecule has 4 rings (SSSR count). The molecule has 1 saturated carbocycles. The highest BCUT2D eigenvalue weighted by molar-refractivity contribution is 5.95. The summed E-state index contributed by atoms with van der Waals surface area (Å²) in [7, 11) is 0. The number of nitriles is 1. The maximum Gasteiger partial charge on any atom is 0.323 e. The molecule has 0 unspecified atom stereocenters.